The fourth-order valence-electron chi connectivity index (χ4n) is 2.63. The zero-order chi connectivity index (χ0) is 17.7. The molecule has 132 valence electrons. The van der Waals surface area contributed by atoms with E-state index in [1.54, 1.807) is 6.92 Å². The van der Waals surface area contributed by atoms with Crippen LogP contribution in [0.3, 0.4) is 0 Å². The molecule has 0 aliphatic carbocycles. The van der Waals surface area contributed by atoms with Gasteiger partial charge in [-0.1, -0.05) is 19.4 Å². The maximum absolute atomic E-state index is 12.6. The monoisotopic (exact) mass is 354 g/mol. The molecule has 0 aromatic heterocycles. The van der Waals surface area contributed by atoms with Gasteiger partial charge >= 0.3 is 5.97 Å². The van der Waals surface area contributed by atoms with E-state index in [9.17, 15) is 18.0 Å². The number of amides is 1. The number of aliphatic carboxylic acids is 1. The number of benzene rings is 1. The van der Waals surface area contributed by atoms with E-state index < -0.39 is 27.9 Å². The second-order valence-corrected chi connectivity index (χ2v) is 7.70. The van der Waals surface area contributed by atoms with Gasteiger partial charge in [-0.15, -0.1) is 0 Å². The molecule has 8 heteroatoms. The molecule has 1 unspecified atom stereocenters. The first-order chi connectivity index (χ1) is 11.4. The molecule has 1 heterocycles. The van der Waals surface area contributed by atoms with Crippen LogP contribution in [0.2, 0.25) is 0 Å². The number of carboxylic acid groups (broad SMARTS) is 1. The molecule has 1 aromatic rings. The average molecular weight is 354 g/mol. The molecular weight excluding hydrogens is 332 g/mol. The van der Waals surface area contributed by atoms with Gasteiger partial charge in [0.2, 0.25) is 10.0 Å². The minimum Gasteiger partial charge on any atom is -0.480 e. The summed E-state index contributed by atoms with van der Waals surface area (Å²) in [6.45, 7) is 2.61. The first kappa shape index (κ1) is 18.4. The number of carbonyl (C=O) groups is 2. The molecule has 1 amide bonds. The van der Waals surface area contributed by atoms with E-state index in [1.807, 2.05) is 0 Å². The number of sulfonamides is 1. The van der Waals surface area contributed by atoms with Crippen molar-refractivity contribution in [3.8, 4) is 0 Å². The summed E-state index contributed by atoms with van der Waals surface area (Å²) in [7, 11) is -3.63. The molecule has 0 radical (unpaired) electrons. The highest BCUT2D eigenvalue weighted by Crippen LogP contribution is 2.21. The standard InChI is InChI=1S/C16H22N2O5S/c1-2-14(16(20)21)17-15(19)12-7-6-8-13(11-12)24(22,23)18-9-4-3-5-10-18/h6-8,11,14H,2-5,9-10H2,1H3,(H,17,19)(H,20,21). The Labute approximate surface area is 141 Å². The van der Waals surface area contributed by atoms with Crippen LogP contribution in [0.1, 0.15) is 43.0 Å². The molecule has 0 bridgehead atoms. The number of carbonyl (C=O) groups excluding carboxylic acids is 1. The molecule has 0 spiro atoms. The molecule has 1 aliphatic rings. The first-order valence-corrected chi connectivity index (χ1v) is 9.44. The number of hydrogen-bond acceptors (Lipinski definition) is 4. The van der Waals surface area contributed by atoms with Crippen LogP contribution >= 0.6 is 0 Å². The minimum atomic E-state index is -3.63. The van der Waals surface area contributed by atoms with Gasteiger partial charge < -0.3 is 10.4 Å². The fourth-order valence-corrected chi connectivity index (χ4v) is 4.20. The van der Waals surface area contributed by atoms with Gasteiger partial charge in [-0.3, -0.25) is 4.79 Å². The van der Waals surface area contributed by atoms with Gasteiger partial charge in [-0.05, 0) is 37.5 Å². The fraction of sp³-hybridized carbons (Fsp3) is 0.500. The Morgan fingerprint density at radius 2 is 1.92 bits per heavy atom. The Morgan fingerprint density at radius 3 is 2.50 bits per heavy atom. The van der Waals surface area contributed by atoms with Crippen LogP contribution in [-0.4, -0.2) is 48.8 Å². The van der Waals surface area contributed by atoms with Gasteiger partial charge in [0.05, 0.1) is 4.90 Å². The maximum Gasteiger partial charge on any atom is 0.326 e. The van der Waals surface area contributed by atoms with Gasteiger partial charge in [-0.2, -0.15) is 4.31 Å². The van der Waals surface area contributed by atoms with Crippen LogP contribution in [0.5, 0.6) is 0 Å². The molecule has 2 N–H and O–H groups in total. The van der Waals surface area contributed by atoms with Gasteiger partial charge in [0, 0.05) is 18.7 Å². The summed E-state index contributed by atoms with van der Waals surface area (Å²) in [5.74, 6) is -1.72. The van der Waals surface area contributed by atoms with Crippen molar-refractivity contribution >= 4 is 21.9 Å². The molecule has 0 saturated carbocycles. The second-order valence-electron chi connectivity index (χ2n) is 5.77. The Morgan fingerprint density at radius 1 is 1.25 bits per heavy atom. The van der Waals surface area contributed by atoms with Crippen LogP contribution in [0, 0.1) is 0 Å². The molecule has 1 aromatic carbocycles. The third-order valence-electron chi connectivity index (χ3n) is 4.06. The smallest absolute Gasteiger partial charge is 0.326 e. The van der Waals surface area contributed by atoms with Crippen LogP contribution < -0.4 is 5.32 Å². The van der Waals surface area contributed by atoms with Crippen LogP contribution in [0.25, 0.3) is 0 Å². The van der Waals surface area contributed by atoms with E-state index in [0.29, 0.717) is 13.1 Å². The first-order valence-electron chi connectivity index (χ1n) is 8.00. The van der Waals surface area contributed by atoms with Gasteiger partial charge in [0.1, 0.15) is 6.04 Å². The number of rotatable bonds is 6. The number of nitrogens with one attached hydrogen (secondary N) is 1. The molecular formula is C16H22N2O5S. The van der Waals surface area contributed by atoms with Crippen molar-refractivity contribution in [2.45, 2.75) is 43.5 Å². The van der Waals surface area contributed by atoms with Crippen molar-refractivity contribution < 1.29 is 23.1 Å². The van der Waals surface area contributed by atoms with Gasteiger partial charge in [0.15, 0.2) is 0 Å². The number of piperidine rings is 1. The minimum absolute atomic E-state index is 0.0559. The average Bonchev–Trinajstić information content (AvgIpc) is 2.60. The largest absolute Gasteiger partial charge is 0.480 e. The van der Waals surface area contributed by atoms with Crippen LogP contribution in [-0.2, 0) is 14.8 Å². The lowest BCUT2D eigenvalue weighted by molar-refractivity contribution is -0.139. The predicted molar refractivity (Wildman–Crippen MR) is 88.2 cm³/mol. The van der Waals surface area contributed by atoms with Crippen molar-refractivity contribution in [3.63, 3.8) is 0 Å². The van der Waals surface area contributed by atoms with E-state index in [1.165, 1.54) is 28.6 Å². The predicted octanol–water partition coefficient (Wildman–Crippen LogP) is 1.45. The summed E-state index contributed by atoms with van der Waals surface area (Å²) in [5, 5.41) is 11.4. The molecule has 2 rings (SSSR count). The van der Waals surface area contributed by atoms with Crippen molar-refractivity contribution in [2.75, 3.05) is 13.1 Å². The lowest BCUT2D eigenvalue weighted by Gasteiger charge is -2.26. The summed E-state index contributed by atoms with van der Waals surface area (Å²) >= 11 is 0. The Hall–Kier alpha value is -1.93. The third kappa shape index (κ3) is 4.12. The summed E-state index contributed by atoms with van der Waals surface area (Å²) in [4.78, 5) is 23.3. The maximum atomic E-state index is 12.6. The normalized spacial score (nSPS) is 17.2. The van der Waals surface area contributed by atoms with E-state index >= 15 is 0 Å². The highest BCUT2D eigenvalue weighted by Gasteiger charge is 2.27. The van der Waals surface area contributed by atoms with E-state index in [0.717, 1.165) is 19.3 Å². The summed E-state index contributed by atoms with van der Waals surface area (Å²) < 4.78 is 26.7. The van der Waals surface area contributed by atoms with E-state index in [2.05, 4.69) is 5.32 Å². The highest BCUT2D eigenvalue weighted by molar-refractivity contribution is 7.89. The van der Waals surface area contributed by atoms with Crippen LogP contribution in [0.4, 0.5) is 0 Å². The lowest BCUT2D eigenvalue weighted by Crippen LogP contribution is -2.40. The van der Waals surface area contributed by atoms with Crippen molar-refractivity contribution in [1.82, 2.24) is 9.62 Å². The summed E-state index contributed by atoms with van der Waals surface area (Å²) in [6.07, 6.45) is 2.92. The van der Waals surface area contributed by atoms with Crippen molar-refractivity contribution in [2.24, 2.45) is 0 Å². The molecule has 1 fully saturated rings. The Bertz CT molecular complexity index is 711. The topological polar surface area (TPSA) is 104 Å². The number of carboxylic acids is 1. The number of hydrogen-bond donors (Lipinski definition) is 2. The van der Waals surface area contributed by atoms with E-state index in [-0.39, 0.29) is 16.9 Å². The number of nitrogens with zero attached hydrogens (tertiary/aromatic N) is 1. The zero-order valence-electron chi connectivity index (χ0n) is 13.6. The quantitative estimate of drug-likeness (QED) is 0.805. The lowest BCUT2D eigenvalue weighted by atomic mass is 10.1. The van der Waals surface area contributed by atoms with Gasteiger partial charge in [0.25, 0.3) is 5.91 Å². The molecule has 1 saturated heterocycles. The molecule has 1 aliphatic heterocycles. The SMILES string of the molecule is CCC(NC(=O)c1cccc(S(=O)(=O)N2CCCCC2)c1)C(=O)O. The van der Waals surface area contributed by atoms with Crippen molar-refractivity contribution in [3.05, 3.63) is 29.8 Å². The van der Waals surface area contributed by atoms with Crippen LogP contribution in [0.15, 0.2) is 29.2 Å². The summed E-state index contributed by atoms with van der Waals surface area (Å²) in [5.41, 5.74) is 0.132. The Balaban J connectivity index is 2.22. The molecule has 7 nitrogen and oxygen atoms in total. The Kier molecular flexibility index (Phi) is 5.95. The second kappa shape index (κ2) is 7.76. The van der Waals surface area contributed by atoms with E-state index in [4.69, 9.17) is 5.11 Å². The third-order valence-corrected chi connectivity index (χ3v) is 5.96. The van der Waals surface area contributed by atoms with Crippen molar-refractivity contribution in [1.29, 1.82) is 0 Å². The molecule has 24 heavy (non-hydrogen) atoms. The van der Waals surface area contributed by atoms with Gasteiger partial charge in [-0.25, -0.2) is 13.2 Å². The zero-order valence-corrected chi connectivity index (χ0v) is 14.4. The highest BCUT2D eigenvalue weighted by atomic mass is 32.2. The molecule has 1 atom stereocenters. The summed E-state index contributed by atoms with van der Waals surface area (Å²) in [6, 6.07) is 4.72.